The number of ether oxygens (including phenoxy) is 4. The van der Waals surface area contributed by atoms with Crippen molar-refractivity contribution in [2.75, 3.05) is 28.4 Å². The molecule has 0 aliphatic heterocycles. The molecule has 1 aromatic rings. The van der Waals surface area contributed by atoms with Crippen molar-refractivity contribution in [3.8, 4) is 17.2 Å². The molecular formula is C11H13ClO7S. The fourth-order valence-corrected chi connectivity index (χ4v) is 2.87. The highest BCUT2D eigenvalue weighted by Gasteiger charge is 2.31. The second kappa shape index (κ2) is 6.19. The number of rotatable bonds is 5. The SMILES string of the molecule is COC(=O)c1cc(OC)c(OC)c(S(=O)(=O)Cl)c1OC. The van der Waals surface area contributed by atoms with E-state index >= 15 is 0 Å². The molecule has 1 aromatic carbocycles. The second-order valence-electron chi connectivity index (χ2n) is 3.45. The molecule has 0 N–H and O–H groups in total. The Morgan fingerprint density at radius 2 is 1.60 bits per heavy atom. The Kier molecular flexibility index (Phi) is 5.07. The number of hydrogen-bond acceptors (Lipinski definition) is 7. The summed E-state index contributed by atoms with van der Waals surface area (Å²) >= 11 is 0. The van der Waals surface area contributed by atoms with Gasteiger partial charge < -0.3 is 18.9 Å². The number of carbonyl (C=O) groups excluding carboxylic acids is 1. The first-order valence-corrected chi connectivity index (χ1v) is 7.48. The molecule has 0 atom stereocenters. The summed E-state index contributed by atoms with van der Waals surface area (Å²) in [4.78, 5) is 11.2. The van der Waals surface area contributed by atoms with Crippen LogP contribution in [0.4, 0.5) is 0 Å². The van der Waals surface area contributed by atoms with Gasteiger partial charge in [0.25, 0.3) is 9.05 Å². The summed E-state index contributed by atoms with van der Waals surface area (Å²) in [6.07, 6.45) is 0. The van der Waals surface area contributed by atoms with Crippen LogP contribution in [0.25, 0.3) is 0 Å². The largest absolute Gasteiger partial charge is 0.494 e. The highest BCUT2D eigenvalue weighted by Crippen LogP contribution is 2.44. The molecule has 112 valence electrons. The highest BCUT2D eigenvalue weighted by atomic mass is 35.7. The molecule has 0 aliphatic carbocycles. The Bertz CT molecular complexity index is 624. The Labute approximate surface area is 120 Å². The maximum Gasteiger partial charge on any atom is 0.341 e. The van der Waals surface area contributed by atoms with Gasteiger partial charge in [0.15, 0.2) is 22.1 Å². The van der Waals surface area contributed by atoms with Crippen molar-refractivity contribution in [3.63, 3.8) is 0 Å². The van der Waals surface area contributed by atoms with E-state index in [9.17, 15) is 13.2 Å². The predicted octanol–water partition coefficient (Wildman–Crippen LogP) is 1.43. The molecule has 1 rings (SSSR count). The van der Waals surface area contributed by atoms with Gasteiger partial charge in [-0.1, -0.05) is 0 Å². The quantitative estimate of drug-likeness (QED) is 0.598. The molecule has 0 saturated carbocycles. The lowest BCUT2D eigenvalue weighted by Crippen LogP contribution is -2.10. The molecule has 7 nitrogen and oxygen atoms in total. The van der Waals surface area contributed by atoms with Gasteiger partial charge in [-0.05, 0) is 0 Å². The summed E-state index contributed by atoms with van der Waals surface area (Å²) in [6.45, 7) is 0. The molecule has 0 heterocycles. The van der Waals surface area contributed by atoms with E-state index in [1.165, 1.54) is 27.4 Å². The van der Waals surface area contributed by atoms with Gasteiger partial charge in [-0.3, -0.25) is 0 Å². The first-order valence-electron chi connectivity index (χ1n) is 5.17. The third kappa shape index (κ3) is 2.91. The minimum atomic E-state index is -4.25. The lowest BCUT2D eigenvalue weighted by Gasteiger charge is -2.16. The van der Waals surface area contributed by atoms with Crippen LogP contribution >= 0.6 is 10.7 Å². The molecule has 9 heteroatoms. The first kappa shape index (κ1) is 16.4. The van der Waals surface area contributed by atoms with Crippen LogP contribution in [0.2, 0.25) is 0 Å². The van der Waals surface area contributed by atoms with Crippen LogP contribution in [-0.4, -0.2) is 42.8 Å². The van der Waals surface area contributed by atoms with E-state index in [2.05, 4.69) is 4.74 Å². The summed E-state index contributed by atoms with van der Waals surface area (Å²) in [5.74, 6) is -1.23. The normalized spacial score (nSPS) is 10.8. The number of hydrogen-bond donors (Lipinski definition) is 0. The van der Waals surface area contributed by atoms with E-state index < -0.39 is 19.9 Å². The molecule has 0 amide bonds. The van der Waals surface area contributed by atoms with Crippen LogP contribution in [0.3, 0.4) is 0 Å². The molecule has 0 unspecified atom stereocenters. The van der Waals surface area contributed by atoms with E-state index in [-0.39, 0.29) is 22.8 Å². The van der Waals surface area contributed by atoms with Crippen LogP contribution in [0.15, 0.2) is 11.0 Å². The number of methoxy groups -OCH3 is 4. The zero-order valence-electron chi connectivity index (χ0n) is 11.2. The number of carbonyl (C=O) groups is 1. The minimum absolute atomic E-state index is 0.00734. The van der Waals surface area contributed by atoms with Crippen molar-refractivity contribution in [1.82, 2.24) is 0 Å². The van der Waals surface area contributed by atoms with Crippen LogP contribution in [-0.2, 0) is 13.8 Å². The molecule has 0 aromatic heterocycles. The second-order valence-corrected chi connectivity index (χ2v) is 5.95. The van der Waals surface area contributed by atoms with Crippen molar-refractivity contribution in [2.24, 2.45) is 0 Å². The summed E-state index contributed by atoms with van der Waals surface area (Å²) in [5, 5.41) is 0. The Hall–Kier alpha value is -1.67. The molecule has 0 fully saturated rings. The van der Waals surface area contributed by atoms with Crippen LogP contribution < -0.4 is 14.2 Å². The van der Waals surface area contributed by atoms with Crippen molar-refractivity contribution < 1.29 is 32.2 Å². The van der Waals surface area contributed by atoms with Gasteiger partial charge in [0.05, 0.1) is 28.4 Å². The minimum Gasteiger partial charge on any atom is -0.494 e. The lowest BCUT2D eigenvalue weighted by molar-refractivity contribution is 0.0596. The maximum absolute atomic E-state index is 11.7. The fourth-order valence-electron chi connectivity index (χ4n) is 1.63. The van der Waals surface area contributed by atoms with Crippen molar-refractivity contribution in [3.05, 3.63) is 11.6 Å². The Balaban J connectivity index is 3.89. The lowest BCUT2D eigenvalue weighted by atomic mass is 10.1. The average molecular weight is 325 g/mol. The van der Waals surface area contributed by atoms with Crippen LogP contribution in [0.5, 0.6) is 17.2 Å². The van der Waals surface area contributed by atoms with E-state index in [4.69, 9.17) is 24.9 Å². The number of benzene rings is 1. The number of esters is 1. The fraction of sp³-hybridized carbons (Fsp3) is 0.364. The zero-order valence-corrected chi connectivity index (χ0v) is 12.8. The molecular weight excluding hydrogens is 312 g/mol. The number of halogens is 1. The molecule has 20 heavy (non-hydrogen) atoms. The van der Waals surface area contributed by atoms with Crippen molar-refractivity contribution in [2.45, 2.75) is 4.90 Å². The molecule has 0 bridgehead atoms. The zero-order chi connectivity index (χ0) is 15.5. The van der Waals surface area contributed by atoms with E-state index in [1.807, 2.05) is 0 Å². The van der Waals surface area contributed by atoms with Gasteiger partial charge in [-0.2, -0.15) is 0 Å². The molecule has 0 aliphatic rings. The topological polar surface area (TPSA) is 88.1 Å². The first-order chi connectivity index (χ1) is 9.31. The highest BCUT2D eigenvalue weighted by molar-refractivity contribution is 8.14. The molecule has 0 saturated heterocycles. The Morgan fingerprint density at radius 1 is 1.05 bits per heavy atom. The Morgan fingerprint density at radius 3 is 1.95 bits per heavy atom. The van der Waals surface area contributed by atoms with Crippen LogP contribution in [0, 0.1) is 0 Å². The van der Waals surface area contributed by atoms with Crippen LogP contribution in [0.1, 0.15) is 10.4 Å². The predicted molar refractivity (Wildman–Crippen MR) is 70.5 cm³/mol. The average Bonchev–Trinajstić information content (AvgIpc) is 2.42. The third-order valence-corrected chi connectivity index (χ3v) is 3.75. The van der Waals surface area contributed by atoms with Gasteiger partial charge in [0.2, 0.25) is 0 Å². The monoisotopic (exact) mass is 324 g/mol. The smallest absolute Gasteiger partial charge is 0.341 e. The van der Waals surface area contributed by atoms with Crippen molar-refractivity contribution >= 4 is 25.7 Å². The van der Waals surface area contributed by atoms with E-state index in [1.54, 1.807) is 0 Å². The van der Waals surface area contributed by atoms with Gasteiger partial charge in [-0.15, -0.1) is 0 Å². The molecule has 0 spiro atoms. The molecule has 0 radical (unpaired) electrons. The van der Waals surface area contributed by atoms with E-state index in [0.29, 0.717) is 0 Å². The van der Waals surface area contributed by atoms with Gasteiger partial charge >= 0.3 is 5.97 Å². The summed E-state index contributed by atoms with van der Waals surface area (Å²) in [5.41, 5.74) is -0.146. The van der Waals surface area contributed by atoms with Gasteiger partial charge in [0.1, 0.15) is 5.56 Å². The summed E-state index contributed by atoms with van der Waals surface area (Å²) in [7, 11) is 5.99. The summed E-state index contributed by atoms with van der Waals surface area (Å²) < 4.78 is 43.0. The summed E-state index contributed by atoms with van der Waals surface area (Å²) in [6, 6.07) is 1.25. The maximum atomic E-state index is 11.7. The van der Waals surface area contributed by atoms with Gasteiger partial charge in [0, 0.05) is 16.7 Å². The third-order valence-electron chi connectivity index (χ3n) is 2.43. The van der Waals surface area contributed by atoms with Crippen molar-refractivity contribution in [1.29, 1.82) is 0 Å². The standard InChI is InChI=1S/C11H13ClO7S/c1-16-7-5-6(11(13)19-4)8(17-2)10(9(7)18-3)20(12,14)15/h5H,1-4H3. The van der Waals surface area contributed by atoms with E-state index in [0.717, 1.165) is 7.11 Å². The van der Waals surface area contributed by atoms with Gasteiger partial charge in [-0.25, -0.2) is 13.2 Å².